The topological polar surface area (TPSA) is 60.9 Å². The first-order valence-corrected chi connectivity index (χ1v) is 9.78. The molecule has 1 heterocycles. The Hall–Kier alpha value is -1.46. The van der Waals surface area contributed by atoms with Crippen LogP contribution in [0.15, 0.2) is 18.2 Å². The highest BCUT2D eigenvalue weighted by Gasteiger charge is 2.24. The van der Waals surface area contributed by atoms with E-state index in [2.05, 4.69) is 0 Å². The summed E-state index contributed by atoms with van der Waals surface area (Å²) in [5.41, 5.74) is 0. The van der Waals surface area contributed by atoms with Crippen LogP contribution in [0, 0.1) is 5.92 Å². The number of aromatic hydroxyl groups is 1. The third-order valence-corrected chi connectivity index (χ3v) is 5.36. The lowest BCUT2D eigenvalue weighted by Gasteiger charge is -2.21. The number of nitrogens with zero attached hydrogens (tertiary/aromatic N) is 2. The fourth-order valence-corrected chi connectivity index (χ4v) is 3.06. The van der Waals surface area contributed by atoms with Gasteiger partial charge in [-0.3, -0.25) is 9.59 Å². The minimum absolute atomic E-state index is 0.102. The lowest BCUT2D eigenvalue weighted by Crippen LogP contribution is -2.39. The van der Waals surface area contributed by atoms with E-state index in [1.54, 1.807) is 18.0 Å². The molecule has 1 saturated carbocycles. The summed E-state index contributed by atoms with van der Waals surface area (Å²) in [6, 6.07) is 4.41. The normalized spacial score (nSPS) is 16.0. The fourth-order valence-electron chi connectivity index (χ4n) is 2.77. The highest BCUT2D eigenvalue weighted by Crippen LogP contribution is 2.33. The molecule has 3 rings (SSSR count). The quantitative estimate of drug-likeness (QED) is 0.813. The van der Waals surface area contributed by atoms with Gasteiger partial charge in [-0.2, -0.15) is 0 Å². The molecule has 7 heteroatoms. The summed E-state index contributed by atoms with van der Waals surface area (Å²) < 4.78 is 0. The number of phenols is 1. The Balaban J connectivity index is 0.000000228. The maximum absolute atomic E-state index is 11.8. The van der Waals surface area contributed by atoms with Crippen molar-refractivity contribution in [3.63, 3.8) is 0 Å². The summed E-state index contributed by atoms with van der Waals surface area (Å²) >= 11 is 11.1. The molecule has 1 aliphatic carbocycles. The minimum Gasteiger partial charge on any atom is -0.508 e. The van der Waals surface area contributed by atoms with Crippen molar-refractivity contribution in [3.8, 4) is 5.75 Å². The molecule has 2 aliphatic rings. The molecular weight excluding hydrogens is 375 g/mol. The van der Waals surface area contributed by atoms with Gasteiger partial charge in [0.15, 0.2) is 0 Å². The molecule has 1 aromatic rings. The van der Waals surface area contributed by atoms with Crippen LogP contribution >= 0.6 is 23.2 Å². The Bertz CT molecular complexity index is 629. The Morgan fingerprint density at radius 3 is 2.38 bits per heavy atom. The van der Waals surface area contributed by atoms with E-state index in [1.807, 2.05) is 4.90 Å². The molecule has 1 N–H and O–H groups in total. The van der Waals surface area contributed by atoms with Gasteiger partial charge in [-0.25, -0.2) is 0 Å². The lowest BCUT2D eigenvalue weighted by molar-refractivity contribution is -0.138. The van der Waals surface area contributed by atoms with Crippen molar-refractivity contribution in [3.05, 3.63) is 28.2 Å². The number of rotatable bonds is 5. The average molecular weight is 401 g/mol. The van der Waals surface area contributed by atoms with Crippen LogP contribution in [0.25, 0.3) is 0 Å². The van der Waals surface area contributed by atoms with E-state index in [1.165, 1.54) is 25.0 Å². The molecule has 26 heavy (non-hydrogen) atoms. The molecule has 1 aliphatic heterocycles. The second-order valence-corrected chi connectivity index (χ2v) is 7.73. The van der Waals surface area contributed by atoms with E-state index in [-0.39, 0.29) is 24.1 Å². The number of halogens is 2. The van der Waals surface area contributed by atoms with E-state index < -0.39 is 0 Å². The summed E-state index contributed by atoms with van der Waals surface area (Å²) in [4.78, 5) is 27.1. The first-order valence-electron chi connectivity index (χ1n) is 9.02. The highest BCUT2D eigenvalue weighted by atomic mass is 35.5. The Kier molecular flexibility index (Phi) is 8.04. The second kappa shape index (κ2) is 10.0. The SMILES string of the molecule is CN(CC(=O)N1CCCC1)C(=O)CCC1CC1.Oc1ccc(Cl)c(Cl)c1. The zero-order chi connectivity index (χ0) is 19.1. The van der Waals surface area contributed by atoms with E-state index in [0.29, 0.717) is 16.5 Å². The highest BCUT2D eigenvalue weighted by molar-refractivity contribution is 6.42. The number of benzene rings is 1. The monoisotopic (exact) mass is 400 g/mol. The maximum atomic E-state index is 11.8. The molecule has 0 aromatic heterocycles. The largest absolute Gasteiger partial charge is 0.508 e. The Morgan fingerprint density at radius 2 is 1.85 bits per heavy atom. The molecule has 0 unspecified atom stereocenters. The number of phenolic OH excluding ortho intramolecular Hbond substituents is 1. The predicted molar refractivity (Wildman–Crippen MR) is 104 cm³/mol. The zero-order valence-corrected chi connectivity index (χ0v) is 16.6. The number of likely N-dealkylation sites (tertiary alicyclic amines) is 1. The number of likely N-dealkylation sites (N-methyl/N-ethyl adjacent to an activating group) is 1. The number of carbonyl (C=O) groups excluding carboxylic acids is 2. The number of amides is 2. The standard InChI is InChI=1S/C13H22N2O2.C6H4Cl2O/c1-14(12(16)7-6-11-4-5-11)10-13(17)15-8-2-3-9-15;7-5-2-1-4(9)3-6(5)8/h11H,2-10H2,1H3;1-3,9H. The molecule has 0 bridgehead atoms. The van der Waals surface area contributed by atoms with Crippen LogP contribution in [0.1, 0.15) is 38.5 Å². The third kappa shape index (κ3) is 7.04. The van der Waals surface area contributed by atoms with Gasteiger partial charge in [0.05, 0.1) is 16.6 Å². The van der Waals surface area contributed by atoms with Gasteiger partial charge in [0.2, 0.25) is 11.8 Å². The molecule has 1 aromatic carbocycles. The summed E-state index contributed by atoms with van der Waals surface area (Å²) in [6.45, 7) is 1.98. The van der Waals surface area contributed by atoms with Crippen molar-refractivity contribution in [2.75, 3.05) is 26.7 Å². The summed E-state index contributed by atoms with van der Waals surface area (Å²) in [6.07, 6.45) is 6.37. The molecule has 144 valence electrons. The molecule has 1 saturated heterocycles. The van der Waals surface area contributed by atoms with Gasteiger partial charge in [0.25, 0.3) is 0 Å². The number of carbonyl (C=O) groups is 2. The van der Waals surface area contributed by atoms with E-state index in [4.69, 9.17) is 28.3 Å². The van der Waals surface area contributed by atoms with Gasteiger partial charge in [0, 0.05) is 26.6 Å². The van der Waals surface area contributed by atoms with Crippen LogP contribution in [0.3, 0.4) is 0 Å². The smallest absolute Gasteiger partial charge is 0.242 e. The van der Waals surface area contributed by atoms with Crippen molar-refractivity contribution < 1.29 is 14.7 Å². The minimum atomic E-state index is 0.102. The van der Waals surface area contributed by atoms with Crippen molar-refractivity contribution in [2.24, 2.45) is 5.92 Å². The maximum Gasteiger partial charge on any atom is 0.242 e. The first kappa shape index (κ1) is 20.8. The predicted octanol–water partition coefficient (Wildman–Crippen LogP) is 3.96. The van der Waals surface area contributed by atoms with Crippen LogP contribution in [0.4, 0.5) is 0 Å². The Labute approximate surface area is 164 Å². The molecule has 2 amide bonds. The molecule has 0 spiro atoms. The fraction of sp³-hybridized carbons (Fsp3) is 0.579. The van der Waals surface area contributed by atoms with Gasteiger partial charge in [-0.15, -0.1) is 0 Å². The van der Waals surface area contributed by atoms with Crippen LogP contribution < -0.4 is 0 Å². The molecule has 0 radical (unpaired) electrons. The summed E-state index contributed by atoms with van der Waals surface area (Å²) in [7, 11) is 1.74. The molecular formula is C19H26Cl2N2O3. The number of hydrogen-bond acceptors (Lipinski definition) is 3. The van der Waals surface area contributed by atoms with E-state index >= 15 is 0 Å². The van der Waals surface area contributed by atoms with Gasteiger partial charge >= 0.3 is 0 Å². The van der Waals surface area contributed by atoms with Crippen LogP contribution in [0.2, 0.25) is 10.0 Å². The number of hydrogen-bond donors (Lipinski definition) is 1. The zero-order valence-electron chi connectivity index (χ0n) is 15.1. The van der Waals surface area contributed by atoms with Crippen LogP contribution in [-0.2, 0) is 9.59 Å². The second-order valence-electron chi connectivity index (χ2n) is 6.92. The summed E-state index contributed by atoms with van der Waals surface area (Å²) in [5, 5.41) is 9.62. The van der Waals surface area contributed by atoms with Crippen molar-refractivity contribution in [2.45, 2.75) is 38.5 Å². The summed E-state index contributed by atoms with van der Waals surface area (Å²) in [5.74, 6) is 1.13. The molecule has 0 atom stereocenters. The van der Waals surface area contributed by atoms with Gasteiger partial charge in [-0.1, -0.05) is 36.0 Å². The van der Waals surface area contributed by atoms with Gasteiger partial charge in [0.1, 0.15) is 5.75 Å². The van der Waals surface area contributed by atoms with Crippen molar-refractivity contribution >= 4 is 35.0 Å². The first-order chi connectivity index (χ1) is 12.4. The lowest BCUT2D eigenvalue weighted by atomic mass is 10.2. The van der Waals surface area contributed by atoms with Gasteiger partial charge in [-0.05, 0) is 43.4 Å². The average Bonchev–Trinajstić information content (AvgIpc) is 3.27. The van der Waals surface area contributed by atoms with Crippen molar-refractivity contribution in [1.82, 2.24) is 9.80 Å². The van der Waals surface area contributed by atoms with E-state index in [9.17, 15) is 9.59 Å². The van der Waals surface area contributed by atoms with Gasteiger partial charge < -0.3 is 14.9 Å². The molecule has 5 nitrogen and oxygen atoms in total. The third-order valence-electron chi connectivity index (χ3n) is 4.62. The van der Waals surface area contributed by atoms with Crippen LogP contribution in [0.5, 0.6) is 5.75 Å². The Morgan fingerprint density at radius 1 is 1.19 bits per heavy atom. The van der Waals surface area contributed by atoms with Crippen LogP contribution in [-0.4, -0.2) is 53.4 Å². The molecule has 2 fully saturated rings. The van der Waals surface area contributed by atoms with E-state index in [0.717, 1.165) is 38.3 Å². The van der Waals surface area contributed by atoms with Crippen molar-refractivity contribution in [1.29, 1.82) is 0 Å².